The molecular formula is C14H25NO4. The van der Waals surface area contributed by atoms with Crippen molar-refractivity contribution in [2.24, 2.45) is 11.8 Å². The number of likely N-dealkylation sites (tertiary alicyclic amines) is 1. The minimum absolute atomic E-state index is 0.272. The van der Waals surface area contributed by atoms with Crippen molar-refractivity contribution in [2.75, 3.05) is 13.1 Å². The highest BCUT2D eigenvalue weighted by Crippen LogP contribution is 2.36. The zero-order valence-corrected chi connectivity index (χ0v) is 12.0. The summed E-state index contributed by atoms with van der Waals surface area (Å²) in [5.41, 5.74) is -0.476. The first-order valence-corrected chi connectivity index (χ1v) is 7.10. The Morgan fingerprint density at radius 3 is 2.32 bits per heavy atom. The van der Waals surface area contributed by atoms with Gasteiger partial charge in [-0.15, -0.1) is 0 Å². The standard InChI is InChI=1S/C14H25NO4/c1-14(2,3)19-13(18)15-5-4-9-6-11(16)12(17)7-10(9)8-15/h9-12,16-17H,4-8H2,1-3H3/t9-,10-,11-,12-/m0/s1. The van der Waals surface area contributed by atoms with Crippen molar-refractivity contribution in [1.82, 2.24) is 4.90 Å². The Hall–Kier alpha value is -0.810. The average Bonchev–Trinajstić information content (AvgIpc) is 2.27. The van der Waals surface area contributed by atoms with Crippen molar-refractivity contribution in [1.29, 1.82) is 0 Å². The molecule has 2 rings (SSSR count). The van der Waals surface area contributed by atoms with E-state index in [4.69, 9.17) is 4.74 Å². The molecule has 2 N–H and O–H groups in total. The van der Waals surface area contributed by atoms with Crippen LogP contribution in [0.4, 0.5) is 4.79 Å². The van der Waals surface area contributed by atoms with Gasteiger partial charge in [-0.05, 0) is 51.9 Å². The molecule has 0 radical (unpaired) electrons. The van der Waals surface area contributed by atoms with E-state index in [-0.39, 0.29) is 12.0 Å². The lowest BCUT2D eigenvalue weighted by atomic mass is 9.73. The molecule has 1 aliphatic carbocycles. The molecular weight excluding hydrogens is 246 g/mol. The minimum Gasteiger partial charge on any atom is -0.444 e. The molecule has 5 heteroatoms. The Kier molecular flexibility index (Phi) is 4.06. The second kappa shape index (κ2) is 5.29. The van der Waals surface area contributed by atoms with Gasteiger partial charge in [0.2, 0.25) is 0 Å². The summed E-state index contributed by atoms with van der Waals surface area (Å²) in [6.07, 6.45) is 0.577. The van der Waals surface area contributed by atoms with Crippen molar-refractivity contribution >= 4 is 6.09 Å². The fraction of sp³-hybridized carbons (Fsp3) is 0.929. The van der Waals surface area contributed by atoms with Crippen LogP contribution in [0.15, 0.2) is 0 Å². The van der Waals surface area contributed by atoms with Gasteiger partial charge in [0.05, 0.1) is 12.2 Å². The summed E-state index contributed by atoms with van der Waals surface area (Å²) < 4.78 is 5.38. The van der Waals surface area contributed by atoms with Gasteiger partial charge in [-0.2, -0.15) is 0 Å². The van der Waals surface area contributed by atoms with E-state index in [1.165, 1.54) is 0 Å². The highest BCUT2D eigenvalue weighted by molar-refractivity contribution is 5.68. The summed E-state index contributed by atoms with van der Waals surface area (Å²) in [6, 6.07) is 0. The summed E-state index contributed by atoms with van der Waals surface area (Å²) in [5, 5.41) is 19.4. The van der Waals surface area contributed by atoms with E-state index in [9.17, 15) is 15.0 Å². The second-order valence-electron chi connectivity index (χ2n) is 6.84. The molecule has 1 aliphatic heterocycles. The number of carbonyl (C=O) groups excluding carboxylic acids is 1. The zero-order valence-electron chi connectivity index (χ0n) is 12.0. The summed E-state index contributed by atoms with van der Waals surface area (Å²) in [5.74, 6) is 0.691. The number of rotatable bonds is 0. The van der Waals surface area contributed by atoms with Crippen LogP contribution in [0.5, 0.6) is 0 Å². The van der Waals surface area contributed by atoms with Crippen LogP contribution in [0.3, 0.4) is 0 Å². The minimum atomic E-state index is -0.653. The number of aliphatic hydroxyl groups excluding tert-OH is 2. The van der Waals surface area contributed by atoms with E-state index in [2.05, 4.69) is 0 Å². The lowest BCUT2D eigenvalue weighted by molar-refractivity contribution is -0.0685. The Morgan fingerprint density at radius 2 is 1.74 bits per heavy atom. The number of piperidine rings is 1. The highest BCUT2D eigenvalue weighted by Gasteiger charge is 2.40. The topological polar surface area (TPSA) is 70.0 Å². The molecule has 19 heavy (non-hydrogen) atoms. The Bertz CT molecular complexity index is 339. The molecule has 0 bridgehead atoms. The molecule has 2 aliphatic rings. The zero-order chi connectivity index (χ0) is 14.2. The number of carbonyl (C=O) groups is 1. The molecule has 0 aromatic carbocycles. The number of ether oxygens (including phenoxy) is 1. The van der Waals surface area contributed by atoms with E-state index >= 15 is 0 Å². The predicted molar refractivity (Wildman–Crippen MR) is 70.7 cm³/mol. The normalized spacial score (nSPS) is 35.7. The first-order chi connectivity index (χ1) is 8.76. The maximum Gasteiger partial charge on any atom is 0.410 e. The van der Waals surface area contributed by atoms with Crippen molar-refractivity contribution in [3.05, 3.63) is 0 Å². The number of hydrogen-bond acceptors (Lipinski definition) is 4. The van der Waals surface area contributed by atoms with Crippen LogP contribution in [0.1, 0.15) is 40.0 Å². The van der Waals surface area contributed by atoms with Gasteiger partial charge >= 0.3 is 6.09 Å². The number of amides is 1. The monoisotopic (exact) mass is 271 g/mol. The van der Waals surface area contributed by atoms with Crippen molar-refractivity contribution in [3.8, 4) is 0 Å². The molecule has 5 nitrogen and oxygen atoms in total. The molecule has 0 unspecified atom stereocenters. The van der Waals surface area contributed by atoms with E-state index in [1.807, 2.05) is 20.8 Å². The van der Waals surface area contributed by atoms with Gasteiger partial charge in [-0.25, -0.2) is 4.79 Å². The molecule has 1 heterocycles. The maximum absolute atomic E-state index is 12.0. The van der Waals surface area contributed by atoms with Gasteiger partial charge in [0.15, 0.2) is 0 Å². The number of hydrogen-bond donors (Lipinski definition) is 2. The van der Waals surface area contributed by atoms with Gasteiger partial charge < -0.3 is 19.8 Å². The fourth-order valence-corrected chi connectivity index (χ4v) is 3.08. The average molecular weight is 271 g/mol. The van der Waals surface area contributed by atoms with Gasteiger partial charge in [0.1, 0.15) is 5.60 Å². The third-order valence-corrected chi connectivity index (χ3v) is 4.08. The second-order valence-corrected chi connectivity index (χ2v) is 6.84. The molecule has 1 saturated heterocycles. The molecule has 0 aromatic heterocycles. The summed E-state index contributed by atoms with van der Waals surface area (Å²) in [4.78, 5) is 13.8. The molecule has 0 spiro atoms. The van der Waals surface area contributed by atoms with E-state index in [0.29, 0.717) is 31.8 Å². The lowest BCUT2D eigenvalue weighted by Crippen LogP contribution is -2.50. The van der Waals surface area contributed by atoms with E-state index in [1.54, 1.807) is 4.90 Å². The van der Waals surface area contributed by atoms with Crippen LogP contribution in [-0.4, -0.2) is 52.1 Å². The summed E-state index contributed by atoms with van der Waals surface area (Å²) in [7, 11) is 0. The molecule has 1 saturated carbocycles. The molecule has 0 aromatic rings. The van der Waals surface area contributed by atoms with Gasteiger partial charge in [0, 0.05) is 13.1 Å². The van der Waals surface area contributed by atoms with Crippen LogP contribution in [-0.2, 0) is 4.74 Å². The van der Waals surface area contributed by atoms with Crippen LogP contribution in [0.25, 0.3) is 0 Å². The predicted octanol–water partition coefficient (Wildman–Crippen LogP) is 1.38. The number of nitrogens with zero attached hydrogens (tertiary/aromatic N) is 1. The Labute approximate surface area is 114 Å². The maximum atomic E-state index is 12.0. The van der Waals surface area contributed by atoms with Gasteiger partial charge in [-0.1, -0.05) is 0 Å². The lowest BCUT2D eigenvalue weighted by Gasteiger charge is -2.44. The van der Waals surface area contributed by atoms with Crippen LogP contribution < -0.4 is 0 Å². The molecule has 1 amide bonds. The number of aliphatic hydroxyl groups is 2. The number of fused-ring (bicyclic) bond motifs is 1. The molecule has 2 fully saturated rings. The van der Waals surface area contributed by atoms with Crippen molar-refractivity contribution in [3.63, 3.8) is 0 Å². The van der Waals surface area contributed by atoms with Crippen LogP contribution >= 0.6 is 0 Å². The van der Waals surface area contributed by atoms with Crippen molar-refractivity contribution in [2.45, 2.75) is 57.8 Å². The van der Waals surface area contributed by atoms with Crippen LogP contribution in [0.2, 0.25) is 0 Å². The third kappa shape index (κ3) is 3.60. The summed E-state index contributed by atoms with van der Waals surface area (Å²) >= 11 is 0. The highest BCUT2D eigenvalue weighted by atomic mass is 16.6. The third-order valence-electron chi connectivity index (χ3n) is 4.08. The quantitative estimate of drug-likeness (QED) is 0.698. The smallest absolute Gasteiger partial charge is 0.410 e. The summed E-state index contributed by atoms with van der Waals surface area (Å²) in [6.45, 7) is 6.89. The molecule has 4 atom stereocenters. The van der Waals surface area contributed by atoms with E-state index < -0.39 is 17.8 Å². The van der Waals surface area contributed by atoms with E-state index in [0.717, 1.165) is 6.42 Å². The van der Waals surface area contributed by atoms with Crippen molar-refractivity contribution < 1.29 is 19.7 Å². The Balaban J connectivity index is 1.93. The first-order valence-electron chi connectivity index (χ1n) is 7.10. The fourth-order valence-electron chi connectivity index (χ4n) is 3.08. The SMILES string of the molecule is CC(C)(C)OC(=O)N1CC[C@H]2C[C@H](O)[C@@H](O)C[C@H]2C1. The largest absolute Gasteiger partial charge is 0.444 e. The van der Waals surface area contributed by atoms with Gasteiger partial charge in [0.25, 0.3) is 0 Å². The first kappa shape index (κ1) is 14.6. The van der Waals surface area contributed by atoms with Crippen LogP contribution in [0, 0.1) is 11.8 Å². The Morgan fingerprint density at radius 1 is 1.16 bits per heavy atom. The van der Waals surface area contributed by atoms with Gasteiger partial charge in [-0.3, -0.25) is 0 Å². The molecule has 110 valence electrons.